The minimum absolute atomic E-state index is 0.252. The largest absolute Gasteiger partial charge is 0.434 e. The van der Waals surface area contributed by atoms with Gasteiger partial charge in [-0.15, -0.1) is 0 Å². The van der Waals surface area contributed by atoms with Crippen molar-refractivity contribution < 1.29 is 22.8 Å². The van der Waals surface area contributed by atoms with Crippen molar-refractivity contribution >= 4 is 11.8 Å². The number of carbonyl (C=O) groups excluding carboxylic acids is 2. The molecule has 0 radical (unpaired) electrons. The van der Waals surface area contributed by atoms with Crippen molar-refractivity contribution in [1.29, 1.82) is 0 Å². The highest BCUT2D eigenvalue weighted by molar-refractivity contribution is 5.93. The lowest BCUT2D eigenvalue weighted by Gasteiger charge is -2.62. The highest BCUT2D eigenvalue weighted by Gasteiger charge is 2.59. The fourth-order valence-corrected chi connectivity index (χ4v) is 6.27. The smallest absolute Gasteiger partial charge is 0.345 e. The van der Waals surface area contributed by atoms with Crippen LogP contribution in [0.15, 0.2) is 36.8 Å². The van der Waals surface area contributed by atoms with Crippen LogP contribution in [0.3, 0.4) is 0 Å². The first-order valence-electron chi connectivity index (χ1n) is 10.6. The SMILES string of the molecule is O=C(NC12CC3CC(C1)CC(NC(=O)c1cncc(C(F)(F)F)n1)(C3)C2)c1ccccn1. The molecule has 2 N–H and O–H groups in total. The summed E-state index contributed by atoms with van der Waals surface area (Å²) in [4.78, 5) is 36.8. The van der Waals surface area contributed by atoms with Crippen molar-refractivity contribution in [3.63, 3.8) is 0 Å². The average Bonchev–Trinajstić information content (AvgIpc) is 2.72. The van der Waals surface area contributed by atoms with E-state index < -0.39 is 28.9 Å². The molecule has 6 rings (SSSR count). The molecule has 32 heavy (non-hydrogen) atoms. The van der Waals surface area contributed by atoms with Crippen LogP contribution in [0.4, 0.5) is 13.2 Å². The number of halogens is 3. The van der Waals surface area contributed by atoms with Gasteiger partial charge in [0.2, 0.25) is 0 Å². The second-order valence-corrected chi connectivity index (χ2v) is 9.43. The molecule has 10 heteroatoms. The lowest BCUT2D eigenvalue weighted by Crippen LogP contribution is -2.70. The Hall–Kier alpha value is -3.04. The van der Waals surface area contributed by atoms with E-state index in [0.29, 0.717) is 30.1 Å². The Balaban J connectivity index is 1.37. The molecule has 0 aromatic carbocycles. The van der Waals surface area contributed by atoms with Crippen molar-refractivity contribution in [3.8, 4) is 0 Å². The highest BCUT2D eigenvalue weighted by atomic mass is 19.4. The summed E-state index contributed by atoms with van der Waals surface area (Å²) in [5, 5.41) is 6.16. The summed E-state index contributed by atoms with van der Waals surface area (Å²) in [6.45, 7) is 0. The van der Waals surface area contributed by atoms with Gasteiger partial charge in [-0.25, -0.2) is 4.98 Å². The van der Waals surface area contributed by atoms with Gasteiger partial charge in [-0.05, 0) is 62.5 Å². The van der Waals surface area contributed by atoms with Crippen molar-refractivity contribution in [2.45, 2.75) is 55.8 Å². The van der Waals surface area contributed by atoms with E-state index in [-0.39, 0.29) is 11.6 Å². The van der Waals surface area contributed by atoms with Gasteiger partial charge in [-0.3, -0.25) is 19.6 Å². The minimum Gasteiger partial charge on any atom is -0.345 e. The van der Waals surface area contributed by atoms with E-state index in [1.54, 1.807) is 24.4 Å². The average molecular weight is 445 g/mol. The topological polar surface area (TPSA) is 96.9 Å². The van der Waals surface area contributed by atoms with Crippen LogP contribution in [-0.4, -0.2) is 37.8 Å². The van der Waals surface area contributed by atoms with Gasteiger partial charge in [0.15, 0.2) is 5.69 Å². The lowest BCUT2D eigenvalue weighted by atomic mass is 9.49. The number of nitrogens with zero attached hydrogens (tertiary/aromatic N) is 3. The van der Waals surface area contributed by atoms with Crippen LogP contribution < -0.4 is 10.6 Å². The molecule has 2 amide bonds. The van der Waals surface area contributed by atoms with Gasteiger partial charge in [-0.1, -0.05) is 6.07 Å². The molecule has 4 saturated carbocycles. The van der Waals surface area contributed by atoms with Crippen molar-refractivity contribution in [2.75, 3.05) is 0 Å². The van der Waals surface area contributed by atoms with Gasteiger partial charge in [0.25, 0.3) is 11.8 Å². The fraction of sp³-hybridized carbons (Fsp3) is 0.500. The Bertz CT molecular complexity index is 1050. The Morgan fingerprint density at radius 1 is 0.938 bits per heavy atom. The van der Waals surface area contributed by atoms with E-state index in [1.165, 1.54) is 0 Å². The summed E-state index contributed by atoms with van der Waals surface area (Å²) in [6.07, 6.45) is 3.22. The van der Waals surface area contributed by atoms with Gasteiger partial charge in [0.1, 0.15) is 11.4 Å². The van der Waals surface area contributed by atoms with E-state index in [2.05, 4.69) is 25.6 Å². The quantitative estimate of drug-likeness (QED) is 0.754. The zero-order valence-electron chi connectivity index (χ0n) is 17.2. The second-order valence-electron chi connectivity index (χ2n) is 9.43. The number of hydrogen-bond donors (Lipinski definition) is 2. The highest BCUT2D eigenvalue weighted by Crippen LogP contribution is 2.57. The van der Waals surface area contributed by atoms with Crippen molar-refractivity contribution in [3.05, 3.63) is 53.9 Å². The maximum atomic E-state index is 13.0. The third kappa shape index (κ3) is 3.82. The zero-order valence-corrected chi connectivity index (χ0v) is 17.2. The molecular formula is C22H22F3N5O2. The maximum absolute atomic E-state index is 13.0. The Morgan fingerprint density at radius 2 is 1.56 bits per heavy atom. The van der Waals surface area contributed by atoms with Crippen molar-refractivity contribution in [1.82, 2.24) is 25.6 Å². The first-order valence-corrected chi connectivity index (χ1v) is 10.6. The normalized spacial score (nSPS) is 30.7. The maximum Gasteiger partial charge on any atom is 0.434 e. The van der Waals surface area contributed by atoms with Crippen LogP contribution in [0.2, 0.25) is 0 Å². The third-order valence-electron chi connectivity index (χ3n) is 6.87. The molecule has 2 aromatic heterocycles. The molecule has 2 atom stereocenters. The summed E-state index contributed by atoms with van der Waals surface area (Å²) >= 11 is 0. The number of aromatic nitrogens is 3. The standard InChI is InChI=1S/C22H22F3N5O2/c23-22(24,25)17-11-26-10-16(28-17)19(32)30-21-8-13-5-14(9-21)7-20(6-13,12-21)29-18(31)15-3-1-2-4-27-15/h1-4,10-11,13-14H,5-9,12H2,(H,29,31)(H,30,32). The molecule has 4 fully saturated rings. The molecule has 2 unspecified atom stereocenters. The molecular weight excluding hydrogens is 423 g/mol. The summed E-state index contributed by atoms with van der Waals surface area (Å²) in [7, 11) is 0. The predicted octanol–water partition coefficient (Wildman–Crippen LogP) is 3.14. The van der Waals surface area contributed by atoms with E-state index >= 15 is 0 Å². The molecule has 2 aromatic rings. The Morgan fingerprint density at radius 3 is 2.12 bits per heavy atom. The Kier molecular flexibility index (Phi) is 4.72. The van der Waals surface area contributed by atoms with Gasteiger partial charge < -0.3 is 10.6 Å². The summed E-state index contributed by atoms with van der Waals surface area (Å²) in [6, 6.07) is 5.14. The molecule has 2 heterocycles. The van der Waals surface area contributed by atoms with E-state index in [1.807, 2.05) is 0 Å². The van der Waals surface area contributed by atoms with Crippen LogP contribution in [0.25, 0.3) is 0 Å². The first-order chi connectivity index (χ1) is 15.2. The van der Waals surface area contributed by atoms with E-state index in [4.69, 9.17) is 0 Å². The van der Waals surface area contributed by atoms with Crippen LogP contribution in [0.1, 0.15) is 65.2 Å². The number of hydrogen-bond acceptors (Lipinski definition) is 5. The van der Waals surface area contributed by atoms with Gasteiger partial charge >= 0.3 is 6.18 Å². The van der Waals surface area contributed by atoms with E-state index in [9.17, 15) is 22.8 Å². The monoisotopic (exact) mass is 445 g/mol. The van der Waals surface area contributed by atoms with Gasteiger partial charge in [-0.2, -0.15) is 13.2 Å². The number of nitrogens with one attached hydrogen (secondary N) is 2. The van der Waals surface area contributed by atoms with Crippen LogP contribution in [0.5, 0.6) is 0 Å². The molecule has 7 nitrogen and oxygen atoms in total. The molecule has 0 spiro atoms. The molecule has 0 saturated heterocycles. The molecule has 4 aliphatic rings. The van der Waals surface area contributed by atoms with E-state index in [0.717, 1.165) is 38.3 Å². The van der Waals surface area contributed by atoms with Crippen LogP contribution >= 0.6 is 0 Å². The minimum atomic E-state index is -4.68. The summed E-state index contributed by atoms with van der Waals surface area (Å²) < 4.78 is 38.9. The molecule has 4 aliphatic carbocycles. The van der Waals surface area contributed by atoms with Gasteiger partial charge in [0, 0.05) is 17.3 Å². The summed E-state index contributed by atoms with van der Waals surface area (Å²) in [5.41, 5.74) is -2.28. The number of pyridine rings is 1. The fourth-order valence-electron chi connectivity index (χ4n) is 6.27. The Labute approximate surface area is 182 Å². The predicted molar refractivity (Wildman–Crippen MR) is 106 cm³/mol. The van der Waals surface area contributed by atoms with Crippen LogP contribution in [-0.2, 0) is 6.18 Å². The zero-order chi connectivity index (χ0) is 22.6. The number of amides is 2. The number of rotatable bonds is 4. The molecule has 4 bridgehead atoms. The van der Waals surface area contributed by atoms with Crippen LogP contribution in [0, 0.1) is 11.8 Å². The first kappa shape index (κ1) is 20.8. The number of carbonyl (C=O) groups is 2. The molecule has 168 valence electrons. The molecule has 0 aliphatic heterocycles. The van der Waals surface area contributed by atoms with Gasteiger partial charge in [0.05, 0.1) is 12.4 Å². The number of alkyl halides is 3. The lowest BCUT2D eigenvalue weighted by molar-refractivity contribution is -0.141. The third-order valence-corrected chi connectivity index (χ3v) is 6.87. The second kappa shape index (κ2) is 7.25. The summed E-state index contributed by atoms with van der Waals surface area (Å²) in [5.74, 6) is -0.268. The van der Waals surface area contributed by atoms with Crippen molar-refractivity contribution in [2.24, 2.45) is 11.8 Å².